The van der Waals surface area contributed by atoms with Gasteiger partial charge in [-0.1, -0.05) is 26.2 Å². The summed E-state index contributed by atoms with van der Waals surface area (Å²) in [6, 6.07) is 0. The number of fused-ring (bicyclic) bond motifs is 1. The van der Waals surface area contributed by atoms with E-state index in [0.717, 1.165) is 25.7 Å². The molecular formula is C16H25N5O4. The molecule has 0 aromatic carbocycles. The highest BCUT2D eigenvalue weighted by Crippen LogP contribution is 2.33. The van der Waals surface area contributed by atoms with Gasteiger partial charge in [0.15, 0.2) is 17.7 Å². The molecule has 2 aromatic heterocycles. The van der Waals surface area contributed by atoms with Gasteiger partial charge in [0.1, 0.15) is 30.2 Å². The molecule has 4 atom stereocenters. The van der Waals surface area contributed by atoms with Crippen LogP contribution in [0.25, 0.3) is 11.2 Å². The summed E-state index contributed by atoms with van der Waals surface area (Å²) >= 11 is 0. The number of nitrogens with zero attached hydrogens (tertiary/aromatic N) is 4. The van der Waals surface area contributed by atoms with Gasteiger partial charge in [-0.15, -0.1) is 0 Å². The molecule has 1 fully saturated rings. The van der Waals surface area contributed by atoms with Crippen molar-refractivity contribution in [2.45, 2.75) is 57.1 Å². The second-order valence-electron chi connectivity index (χ2n) is 6.22. The maximum atomic E-state index is 10.7. The minimum atomic E-state index is -0.947. The lowest BCUT2D eigenvalue weighted by atomic mass is 10.1. The summed E-state index contributed by atoms with van der Waals surface area (Å²) in [6.45, 7) is 2.43. The van der Waals surface area contributed by atoms with E-state index in [0.29, 0.717) is 17.8 Å². The Morgan fingerprint density at radius 2 is 2.12 bits per heavy atom. The van der Waals surface area contributed by atoms with Crippen LogP contribution in [0.3, 0.4) is 0 Å². The number of aliphatic hydroxyl groups is 2. The van der Waals surface area contributed by atoms with Crippen LogP contribution in [-0.4, -0.2) is 61.3 Å². The molecular weight excluding hydrogens is 326 g/mol. The number of ether oxygens (including phenoxy) is 2. The zero-order valence-corrected chi connectivity index (χ0v) is 14.3. The fourth-order valence-corrected chi connectivity index (χ4v) is 3.11. The SMILES string of the molecule is CCCCCCO[C@H]1[C@@H](O)[C@H](n2cnc3c(N)ncnc32)O[C@@H]1CO. The molecule has 9 nitrogen and oxygen atoms in total. The molecule has 0 amide bonds. The number of aromatic nitrogens is 4. The minimum absolute atomic E-state index is 0.239. The summed E-state index contributed by atoms with van der Waals surface area (Å²) in [4.78, 5) is 12.3. The Hall–Kier alpha value is -1.81. The smallest absolute Gasteiger partial charge is 0.167 e. The van der Waals surface area contributed by atoms with Gasteiger partial charge in [-0.05, 0) is 6.42 Å². The Morgan fingerprint density at radius 3 is 2.88 bits per heavy atom. The van der Waals surface area contributed by atoms with Crippen molar-refractivity contribution >= 4 is 17.0 Å². The fraction of sp³-hybridized carbons (Fsp3) is 0.688. The third-order valence-electron chi connectivity index (χ3n) is 4.46. The third kappa shape index (κ3) is 3.59. The molecule has 9 heteroatoms. The van der Waals surface area contributed by atoms with E-state index < -0.39 is 24.5 Å². The first-order chi connectivity index (χ1) is 12.2. The zero-order valence-electron chi connectivity index (χ0n) is 14.3. The molecule has 0 bridgehead atoms. The Morgan fingerprint density at radius 1 is 1.28 bits per heavy atom. The van der Waals surface area contributed by atoms with Gasteiger partial charge in [0.05, 0.1) is 12.9 Å². The Kier molecular flexibility index (Phi) is 5.79. The van der Waals surface area contributed by atoms with E-state index in [1.807, 2.05) is 0 Å². The minimum Gasteiger partial charge on any atom is -0.394 e. The van der Waals surface area contributed by atoms with E-state index in [2.05, 4.69) is 21.9 Å². The Balaban J connectivity index is 1.73. The molecule has 2 aromatic rings. The number of rotatable bonds is 8. The molecule has 3 rings (SSSR count). The van der Waals surface area contributed by atoms with Crippen LogP contribution in [0.1, 0.15) is 38.8 Å². The van der Waals surface area contributed by atoms with E-state index in [1.165, 1.54) is 12.7 Å². The molecule has 0 spiro atoms. The van der Waals surface area contributed by atoms with Crippen LogP contribution in [0.15, 0.2) is 12.7 Å². The van der Waals surface area contributed by atoms with Gasteiger partial charge in [0.2, 0.25) is 0 Å². The first-order valence-corrected chi connectivity index (χ1v) is 8.66. The van der Waals surface area contributed by atoms with E-state index in [1.54, 1.807) is 4.57 Å². The van der Waals surface area contributed by atoms with Crippen LogP contribution >= 0.6 is 0 Å². The fourth-order valence-electron chi connectivity index (χ4n) is 3.11. The predicted octanol–water partition coefficient (Wildman–Crippen LogP) is 0.625. The summed E-state index contributed by atoms with van der Waals surface area (Å²) in [6.07, 6.45) is 4.22. The lowest BCUT2D eigenvalue weighted by molar-refractivity contribution is -0.0609. The second-order valence-corrected chi connectivity index (χ2v) is 6.22. The number of nitrogens with two attached hydrogens (primary N) is 1. The van der Waals surface area contributed by atoms with Crippen LogP contribution < -0.4 is 5.73 Å². The van der Waals surface area contributed by atoms with Gasteiger partial charge in [-0.2, -0.15) is 0 Å². The number of hydrogen-bond donors (Lipinski definition) is 3. The molecule has 1 aliphatic rings. The van der Waals surface area contributed by atoms with Crippen molar-refractivity contribution in [2.75, 3.05) is 18.9 Å². The average molecular weight is 351 g/mol. The Bertz CT molecular complexity index is 694. The molecule has 138 valence electrons. The quantitative estimate of drug-likeness (QED) is 0.591. The summed E-state index contributed by atoms with van der Waals surface area (Å²) in [5.74, 6) is 0.263. The largest absolute Gasteiger partial charge is 0.394 e. The van der Waals surface area contributed by atoms with Crippen LogP contribution in [0, 0.1) is 0 Å². The van der Waals surface area contributed by atoms with E-state index >= 15 is 0 Å². The van der Waals surface area contributed by atoms with E-state index in [9.17, 15) is 10.2 Å². The maximum Gasteiger partial charge on any atom is 0.167 e. The highest BCUT2D eigenvalue weighted by atomic mass is 16.6. The highest BCUT2D eigenvalue weighted by molar-refractivity contribution is 5.81. The average Bonchev–Trinajstić information content (AvgIpc) is 3.17. The summed E-state index contributed by atoms with van der Waals surface area (Å²) in [7, 11) is 0. The first kappa shape index (κ1) is 18.0. The van der Waals surface area contributed by atoms with E-state index in [-0.39, 0.29) is 12.4 Å². The molecule has 0 aliphatic carbocycles. The van der Waals surface area contributed by atoms with Gasteiger partial charge < -0.3 is 25.4 Å². The monoisotopic (exact) mass is 351 g/mol. The second kappa shape index (κ2) is 8.05. The molecule has 25 heavy (non-hydrogen) atoms. The van der Waals surface area contributed by atoms with Crippen LogP contribution in [0.4, 0.5) is 5.82 Å². The molecule has 0 saturated carbocycles. The lowest BCUT2D eigenvalue weighted by Crippen LogP contribution is -2.36. The normalized spacial score (nSPS) is 26.5. The molecule has 3 heterocycles. The molecule has 0 radical (unpaired) electrons. The third-order valence-corrected chi connectivity index (χ3v) is 4.46. The van der Waals surface area contributed by atoms with Gasteiger partial charge in [-0.3, -0.25) is 4.57 Å². The first-order valence-electron chi connectivity index (χ1n) is 8.66. The van der Waals surface area contributed by atoms with Gasteiger partial charge in [0, 0.05) is 6.61 Å². The van der Waals surface area contributed by atoms with Crippen molar-refractivity contribution in [2.24, 2.45) is 0 Å². The molecule has 0 unspecified atom stereocenters. The van der Waals surface area contributed by atoms with Gasteiger partial charge >= 0.3 is 0 Å². The highest BCUT2D eigenvalue weighted by Gasteiger charge is 2.45. The number of hydrogen-bond acceptors (Lipinski definition) is 8. The molecule has 1 saturated heterocycles. The van der Waals surface area contributed by atoms with Gasteiger partial charge in [0.25, 0.3) is 0 Å². The standard InChI is InChI=1S/C16H25N5O4/c1-2-3-4-5-6-24-13-10(7-22)25-16(12(13)23)21-9-20-11-14(17)18-8-19-15(11)21/h8-10,12-13,16,22-23H,2-7H2,1H3,(H2,17,18,19)/t10-,12-,13-,16-/m1/s1. The van der Waals surface area contributed by atoms with Crippen molar-refractivity contribution in [1.82, 2.24) is 19.5 Å². The maximum absolute atomic E-state index is 10.7. The van der Waals surface area contributed by atoms with Crippen molar-refractivity contribution in [3.05, 3.63) is 12.7 Å². The summed E-state index contributed by atoms with van der Waals surface area (Å²) in [5.41, 5.74) is 6.71. The number of aliphatic hydroxyl groups excluding tert-OH is 2. The number of nitrogen functional groups attached to an aromatic ring is 1. The number of unbranched alkanes of at least 4 members (excludes halogenated alkanes) is 3. The van der Waals surface area contributed by atoms with Crippen LogP contribution in [0.5, 0.6) is 0 Å². The topological polar surface area (TPSA) is 129 Å². The zero-order chi connectivity index (χ0) is 17.8. The van der Waals surface area contributed by atoms with Crippen molar-refractivity contribution < 1.29 is 19.7 Å². The predicted molar refractivity (Wildman–Crippen MR) is 90.6 cm³/mol. The van der Waals surface area contributed by atoms with E-state index in [4.69, 9.17) is 15.2 Å². The van der Waals surface area contributed by atoms with Crippen LogP contribution in [0.2, 0.25) is 0 Å². The van der Waals surface area contributed by atoms with Crippen molar-refractivity contribution in [1.29, 1.82) is 0 Å². The molecule has 1 aliphatic heterocycles. The van der Waals surface area contributed by atoms with Crippen molar-refractivity contribution in [3.63, 3.8) is 0 Å². The summed E-state index contributed by atoms with van der Waals surface area (Å²) < 4.78 is 13.2. The lowest BCUT2D eigenvalue weighted by Gasteiger charge is -2.20. The van der Waals surface area contributed by atoms with Crippen molar-refractivity contribution in [3.8, 4) is 0 Å². The molecule has 4 N–H and O–H groups in total. The number of anilines is 1. The number of imidazole rings is 1. The van der Waals surface area contributed by atoms with Crippen LogP contribution in [-0.2, 0) is 9.47 Å². The summed E-state index contributed by atoms with van der Waals surface area (Å²) in [5, 5.41) is 20.3. The Labute approximate surface area is 145 Å². The van der Waals surface area contributed by atoms with Gasteiger partial charge in [-0.25, -0.2) is 15.0 Å².